The summed E-state index contributed by atoms with van der Waals surface area (Å²) >= 11 is -0.00305. The molecule has 1 N–H and O–H groups in total. The smallest absolute Gasteiger partial charge is 0.170 e. The number of hydrogen-bond acceptors (Lipinski definition) is 5. The zero-order chi connectivity index (χ0) is 19.4. The van der Waals surface area contributed by atoms with Crippen LogP contribution in [0.3, 0.4) is 0 Å². The molecule has 1 aromatic carbocycles. The van der Waals surface area contributed by atoms with Crippen molar-refractivity contribution in [2.75, 3.05) is 38.2 Å². The highest BCUT2D eigenvalue weighted by Crippen LogP contribution is 2.40. The van der Waals surface area contributed by atoms with Gasteiger partial charge in [0.05, 0.1) is 12.8 Å². The first kappa shape index (κ1) is 20.3. The van der Waals surface area contributed by atoms with Crippen LogP contribution < -0.4 is 9.64 Å². The van der Waals surface area contributed by atoms with E-state index in [-0.39, 0.29) is 5.37 Å². The molecule has 1 aliphatic heterocycles. The van der Waals surface area contributed by atoms with Gasteiger partial charge in [-0.05, 0) is 31.5 Å². The zero-order valence-corrected chi connectivity index (χ0v) is 17.8. The van der Waals surface area contributed by atoms with Gasteiger partial charge in [-0.2, -0.15) is 0 Å². The number of piperazine rings is 1. The second kappa shape index (κ2) is 9.19. The lowest BCUT2D eigenvalue weighted by molar-refractivity contribution is 0.222. The second-order valence-electron chi connectivity index (χ2n) is 6.79. The SMILES string of the molecule is CCCC(N1CCN(c2cc(-c3ccccc3OC)sc2C)CC1)S(=O)O. The van der Waals surface area contributed by atoms with E-state index in [1.54, 1.807) is 18.4 Å². The Kier molecular flexibility index (Phi) is 6.92. The average Bonchev–Trinajstić information content (AvgIpc) is 3.07. The lowest BCUT2D eigenvalue weighted by Crippen LogP contribution is -2.51. The molecule has 148 valence electrons. The number of benzene rings is 1. The Morgan fingerprint density at radius 2 is 1.96 bits per heavy atom. The summed E-state index contributed by atoms with van der Waals surface area (Å²) in [4.78, 5) is 7.06. The minimum Gasteiger partial charge on any atom is -0.496 e. The van der Waals surface area contributed by atoms with Crippen molar-refractivity contribution in [3.63, 3.8) is 0 Å². The van der Waals surface area contributed by atoms with Gasteiger partial charge in [0.1, 0.15) is 11.1 Å². The maximum absolute atomic E-state index is 11.7. The molecule has 0 aliphatic carbocycles. The van der Waals surface area contributed by atoms with Gasteiger partial charge in [0.15, 0.2) is 11.1 Å². The number of anilines is 1. The number of hydrogen-bond donors (Lipinski definition) is 1. The fourth-order valence-corrected chi connectivity index (χ4v) is 5.65. The van der Waals surface area contributed by atoms with E-state index in [2.05, 4.69) is 35.8 Å². The molecule has 7 heteroatoms. The summed E-state index contributed by atoms with van der Waals surface area (Å²) in [5.41, 5.74) is 2.38. The van der Waals surface area contributed by atoms with Crippen LogP contribution >= 0.6 is 11.3 Å². The van der Waals surface area contributed by atoms with Crippen molar-refractivity contribution in [3.05, 3.63) is 35.2 Å². The maximum atomic E-state index is 11.7. The van der Waals surface area contributed by atoms with Crippen LogP contribution in [0.4, 0.5) is 5.69 Å². The number of ether oxygens (including phenoxy) is 1. The first-order valence-electron chi connectivity index (χ1n) is 9.37. The first-order valence-corrected chi connectivity index (χ1v) is 11.4. The molecule has 5 nitrogen and oxygen atoms in total. The number of aryl methyl sites for hydroxylation is 1. The predicted molar refractivity (Wildman–Crippen MR) is 114 cm³/mol. The summed E-state index contributed by atoms with van der Waals surface area (Å²) in [5.74, 6) is 0.892. The lowest BCUT2D eigenvalue weighted by atomic mass is 10.1. The molecule has 0 spiro atoms. The highest BCUT2D eigenvalue weighted by atomic mass is 32.2. The fourth-order valence-electron chi connectivity index (χ4n) is 3.68. The van der Waals surface area contributed by atoms with E-state index in [9.17, 15) is 8.76 Å². The van der Waals surface area contributed by atoms with Crippen molar-refractivity contribution in [1.82, 2.24) is 4.90 Å². The predicted octanol–water partition coefficient (Wildman–Crippen LogP) is 4.20. The van der Waals surface area contributed by atoms with Gasteiger partial charge < -0.3 is 14.2 Å². The quantitative estimate of drug-likeness (QED) is 0.696. The van der Waals surface area contributed by atoms with E-state index in [0.29, 0.717) is 0 Å². The third-order valence-corrected chi connectivity index (χ3v) is 7.17. The Balaban J connectivity index is 1.74. The number of rotatable bonds is 7. The van der Waals surface area contributed by atoms with E-state index >= 15 is 0 Å². The van der Waals surface area contributed by atoms with Crippen molar-refractivity contribution < 1.29 is 13.5 Å². The van der Waals surface area contributed by atoms with Crippen molar-refractivity contribution >= 4 is 28.1 Å². The molecule has 1 fully saturated rings. The Morgan fingerprint density at radius 3 is 2.59 bits per heavy atom. The van der Waals surface area contributed by atoms with Crippen molar-refractivity contribution in [2.45, 2.75) is 32.1 Å². The van der Waals surface area contributed by atoms with Crippen LogP contribution in [-0.4, -0.2) is 52.3 Å². The number of nitrogens with zero attached hydrogens (tertiary/aromatic N) is 2. The van der Waals surface area contributed by atoms with Gasteiger partial charge in [-0.15, -0.1) is 11.3 Å². The van der Waals surface area contributed by atoms with Crippen LogP contribution in [0.1, 0.15) is 24.6 Å². The van der Waals surface area contributed by atoms with Gasteiger partial charge in [-0.3, -0.25) is 4.90 Å². The van der Waals surface area contributed by atoms with Gasteiger partial charge in [-0.25, -0.2) is 4.21 Å². The molecule has 2 unspecified atom stereocenters. The van der Waals surface area contributed by atoms with E-state index in [0.717, 1.165) is 50.3 Å². The standard InChI is InChI=1S/C20H28N2O3S2/c1-4-7-20(27(23)24)22-12-10-21(11-13-22)17-14-19(26-15(17)2)16-8-5-6-9-18(16)25-3/h5-6,8-9,14,20H,4,7,10-13H2,1-3H3,(H,23,24). The maximum Gasteiger partial charge on any atom is 0.170 e. The Labute approximate surface area is 168 Å². The normalized spacial score (nSPS) is 17.7. The molecule has 2 atom stereocenters. The highest BCUT2D eigenvalue weighted by molar-refractivity contribution is 7.79. The van der Waals surface area contributed by atoms with Gasteiger partial charge in [0.2, 0.25) is 0 Å². The molecule has 1 aromatic heterocycles. The van der Waals surface area contributed by atoms with Crippen LogP contribution in [0.5, 0.6) is 5.75 Å². The van der Waals surface area contributed by atoms with Crippen LogP contribution in [0.2, 0.25) is 0 Å². The molecular weight excluding hydrogens is 380 g/mol. The Bertz CT molecular complexity index is 785. The number of methoxy groups -OCH3 is 1. The summed E-state index contributed by atoms with van der Waals surface area (Å²) in [7, 11) is 1.71. The molecule has 0 saturated carbocycles. The van der Waals surface area contributed by atoms with Crippen LogP contribution in [0, 0.1) is 6.92 Å². The minimum atomic E-state index is -1.79. The Morgan fingerprint density at radius 1 is 1.26 bits per heavy atom. The number of para-hydroxylation sites is 1. The third-order valence-electron chi connectivity index (χ3n) is 5.09. The third kappa shape index (κ3) is 4.54. The van der Waals surface area contributed by atoms with Crippen LogP contribution in [0.15, 0.2) is 30.3 Å². The molecule has 1 aliphatic rings. The molecule has 0 radical (unpaired) electrons. The average molecular weight is 409 g/mol. The largest absolute Gasteiger partial charge is 0.496 e. The molecule has 2 heterocycles. The summed E-state index contributed by atoms with van der Waals surface area (Å²) in [6.45, 7) is 7.60. The van der Waals surface area contributed by atoms with Crippen molar-refractivity contribution in [2.24, 2.45) is 0 Å². The summed E-state index contributed by atoms with van der Waals surface area (Å²) in [5, 5.41) is -0.245. The van der Waals surface area contributed by atoms with E-state index in [1.165, 1.54) is 15.4 Å². The van der Waals surface area contributed by atoms with E-state index < -0.39 is 11.1 Å². The molecule has 0 amide bonds. The first-order chi connectivity index (χ1) is 13.0. The van der Waals surface area contributed by atoms with E-state index in [4.69, 9.17) is 4.74 Å². The molecular formula is C20H28N2O3S2. The van der Waals surface area contributed by atoms with Crippen molar-refractivity contribution in [1.29, 1.82) is 0 Å². The highest BCUT2D eigenvalue weighted by Gasteiger charge is 2.28. The fraction of sp³-hybridized carbons (Fsp3) is 0.500. The van der Waals surface area contributed by atoms with Crippen molar-refractivity contribution in [3.8, 4) is 16.2 Å². The Hall–Kier alpha value is -1.41. The minimum absolute atomic E-state index is 0.245. The zero-order valence-electron chi connectivity index (χ0n) is 16.2. The van der Waals surface area contributed by atoms with Gasteiger partial charge in [0.25, 0.3) is 0 Å². The lowest BCUT2D eigenvalue weighted by Gasteiger charge is -2.38. The molecule has 1 saturated heterocycles. The summed E-state index contributed by atoms with van der Waals surface area (Å²) < 4.78 is 26.8. The second-order valence-corrected chi connectivity index (χ2v) is 9.15. The summed E-state index contributed by atoms with van der Waals surface area (Å²) in [6, 6.07) is 10.4. The van der Waals surface area contributed by atoms with Gasteiger partial charge in [-0.1, -0.05) is 25.5 Å². The molecule has 0 bridgehead atoms. The van der Waals surface area contributed by atoms with Crippen LogP contribution in [0.25, 0.3) is 10.4 Å². The van der Waals surface area contributed by atoms with E-state index in [1.807, 2.05) is 18.2 Å². The van der Waals surface area contributed by atoms with Crippen LogP contribution in [-0.2, 0) is 11.1 Å². The van der Waals surface area contributed by atoms with Gasteiger partial charge in [0, 0.05) is 41.5 Å². The molecule has 27 heavy (non-hydrogen) atoms. The molecule has 2 aromatic rings. The number of thiophene rings is 1. The summed E-state index contributed by atoms with van der Waals surface area (Å²) in [6.07, 6.45) is 1.68. The monoisotopic (exact) mass is 408 g/mol. The van der Waals surface area contributed by atoms with Gasteiger partial charge >= 0.3 is 0 Å². The molecule has 3 rings (SSSR count). The topological polar surface area (TPSA) is 53.0 Å².